The zero-order valence-corrected chi connectivity index (χ0v) is 14.6. The Hall–Kier alpha value is -1.11. The number of aromatic hydroxyl groups is 1. The van der Waals surface area contributed by atoms with E-state index in [1.807, 2.05) is 0 Å². The lowest BCUT2D eigenvalue weighted by atomic mass is 9.55. The highest BCUT2D eigenvalue weighted by Gasteiger charge is 2.54. The largest absolute Gasteiger partial charge is 0.740 e. The first-order valence-electron chi connectivity index (χ1n) is 8.71. The van der Waals surface area contributed by atoms with Crippen molar-refractivity contribution in [3.05, 3.63) is 23.3 Å². The van der Waals surface area contributed by atoms with Crippen molar-refractivity contribution in [2.45, 2.75) is 57.5 Å². The summed E-state index contributed by atoms with van der Waals surface area (Å²) in [6, 6.07) is 3.15. The molecule has 5 nitrogen and oxygen atoms in total. The van der Waals surface area contributed by atoms with Crippen LogP contribution < -0.4 is 4.18 Å². The van der Waals surface area contributed by atoms with E-state index in [4.69, 9.17) is 4.18 Å². The highest BCUT2D eigenvalue weighted by Crippen LogP contribution is 2.62. The smallest absolute Gasteiger partial charge is 0.146 e. The number of phenolic OH excluding ortho intramolecular Hbond substituents is 1. The highest BCUT2D eigenvalue weighted by atomic mass is 32.2. The fraction of sp³-hybridized carbons (Fsp3) is 0.667. The van der Waals surface area contributed by atoms with E-state index >= 15 is 0 Å². The van der Waals surface area contributed by atoms with Gasteiger partial charge in [0.05, 0.1) is 6.10 Å². The first-order chi connectivity index (χ1) is 11.4. The third-order valence-electron chi connectivity index (χ3n) is 6.88. The van der Waals surface area contributed by atoms with Crippen molar-refractivity contribution in [2.24, 2.45) is 17.3 Å². The minimum atomic E-state index is -2.66. The van der Waals surface area contributed by atoms with Crippen LogP contribution in [0.5, 0.6) is 11.5 Å². The van der Waals surface area contributed by atoms with Gasteiger partial charge < -0.3 is 18.9 Å². The van der Waals surface area contributed by atoms with Crippen molar-refractivity contribution in [1.82, 2.24) is 0 Å². The number of hydrogen-bond donors (Lipinski definition) is 2. The maximum atomic E-state index is 11.1. The molecule has 0 bridgehead atoms. The van der Waals surface area contributed by atoms with Crippen LogP contribution in [0.2, 0.25) is 0 Å². The minimum absolute atomic E-state index is 0.0159. The van der Waals surface area contributed by atoms with Crippen molar-refractivity contribution < 1.29 is 23.2 Å². The predicted octanol–water partition coefficient (Wildman–Crippen LogP) is 2.78. The molecule has 3 aliphatic rings. The molecule has 4 rings (SSSR count). The van der Waals surface area contributed by atoms with E-state index in [2.05, 4.69) is 6.92 Å². The molecule has 24 heavy (non-hydrogen) atoms. The van der Waals surface area contributed by atoms with Gasteiger partial charge in [0, 0.05) is 11.6 Å². The molecule has 1 aromatic rings. The molecule has 6 atom stereocenters. The van der Waals surface area contributed by atoms with Crippen LogP contribution >= 0.6 is 0 Å². The molecule has 0 spiro atoms. The van der Waals surface area contributed by atoms with Gasteiger partial charge in [0.1, 0.15) is 22.9 Å². The second kappa shape index (κ2) is 5.71. The fourth-order valence-electron chi connectivity index (χ4n) is 5.78. The number of aliphatic hydroxyl groups is 1. The zero-order valence-electron chi connectivity index (χ0n) is 13.7. The summed E-state index contributed by atoms with van der Waals surface area (Å²) in [5.41, 5.74) is 1.94. The standard InChI is InChI=1S/C18H24O5S/c1-18-7-6-13-12(14(18)4-5-16(18)20)3-2-10-8-11(19)9-15(17(10)13)23-24(21)22/h8-9,12-14,16,19-20H,2-7H2,1H3,(H,21,22)/p-1/t12-,13+,14+,16-,18+/m1/s1. The Labute approximate surface area is 144 Å². The van der Waals surface area contributed by atoms with E-state index < -0.39 is 11.4 Å². The third kappa shape index (κ3) is 2.38. The van der Waals surface area contributed by atoms with Gasteiger partial charge in [-0.2, -0.15) is 0 Å². The molecule has 2 fully saturated rings. The average molecular weight is 351 g/mol. The SMILES string of the molecule is C[C@]12CC[C@@H]3c4c(cc(O)cc4OS(=O)[O-])CC[C@H]3[C@@H]1CC[C@H]2O. The molecular weight excluding hydrogens is 328 g/mol. The predicted molar refractivity (Wildman–Crippen MR) is 88.3 cm³/mol. The Morgan fingerprint density at radius 3 is 2.83 bits per heavy atom. The maximum absolute atomic E-state index is 11.1. The van der Waals surface area contributed by atoms with Crippen LogP contribution in [0.1, 0.15) is 56.1 Å². The zero-order chi connectivity index (χ0) is 17.1. The van der Waals surface area contributed by atoms with Gasteiger partial charge in [-0.15, -0.1) is 0 Å². The summed E-state index contributed by atoms with van der Waals surface area (Å²) < 4.78 is 27.1. The van der Waals surface area contributed by atoms with Gasteiger partial charge in [-0.1, -0.05) is 6.92 Å². The van der Waals surface area contributed by atoms with Gasteiger partial charge in [-0.25, -0.2) is 4.21 Å². The number of aliphatic hydroxyl groups excluding tert-OH is 1. The van der Waals surface area contributed by atoms with Gasteiger partial charge in [0.2, 0.25) is 0 Å². The molecule has 132 valence electrons. The van der Waals surface area contributed by atoms with Crippen LogP contribution in [0.15, 0.2) is 12.1 Å². The van der Waals surface area contributed by atoms with Gasteiger partial charge in [-0.05, 0) is 73.3 Å². The van der Waals surface area contributed by atoms with Crippen LogP contribution in [0.25, 0.3) is 0 Å². The summed E-state index contributed by atoms with van der Waals surface area (Å²) in [6.45, 7) is 2.21. The lowest BCUT2D eigenvalue weighted by Gasteiger charge is -2.50. The van der Waals surface area contributed by atoms with Crippen LogP contribution in [0.3, 0.4) is 0 Å². The molecule has 2 N–H and O–H groups in total. The quantitative estimate of drug-likeness (QED) is 0.800. The molecule has 0 radical (unpaired) electrons. The van der Waals surface area contributed by atoms with Gasteiger partial charge in [0.25, 0.3) is 0 Å². The Kier molecular flexibility index (Phi) is 3.90. The Morgan fingerprint density at radius 2 is 2.08 bits per heavy atom. The summed E-state index contributed by atoms with van der Waals surface area (Å²) >= 11 is -2.66. The molecule has 2 saturated carbocycles. The number of rotatable bonds is 2. The minimum Gasteiger partial charge on any atom is -0.740 e. The van der Waals surface area contributed by atoms with Crippen molar-refractivity contribution in [2.75, 3.05) is 0 Å². The molecular formula is C18H23O5S-. The molecule has 0 heterocycles. The molecule has 1 unspecified atom stereocenters. The van der Waals surface area contributed by atoms with E-state index in [1.54, 1.807) is 6.07 Å². The molecule has 0 aromatic heterocycles. The average Bonchev–Trinajstić information content (AvgIpc) is 2.81. The first-order valence-corrected chi connectivity index (χ1v) is 9.71. The van der Waals surface area contributed by atoms with Gasteiger partial charge in [-0.3, -0.25) is 0 Å². The van der Waals surface area contributed by atoms with E-state index in [0.717, 1.165) is 49.7 Å². The van der Waals surface area contributed by atoms with Crippen molar-refractivity contribution >= 4 is 11.4 Å². The molecule has 1 aromatic carbocycles. The van der Waals surface area contributed by atoms with Crippen LogP contribution in [0, 0.1) is 17.3 Å². The topological polar surface area (TPSA) is 89.8 Å². The molecule has 0 saturated heterocycles. The molecule has 3 aliphatic carbocycles. The molecule has 0 amide bonds. The Bertz CT molecular complexity index is 690. The molecule has 0 aliphatic heterocycles. The number of phenols is 1. The van der Waals surface area contributed by atoms with E-state index in [9.17, 15) is 19.0 Å². The number of hydrogen-bond acceptors (Lipinski definition) is 5. The normalized spacial score (nSPS) is 38.8. The second-order valence-electron chi connectivity index (χ2n) is 7.86. The summed E-state index contributed by atoms with van der Waals surface area (Å²) in [5.74, 6) is 1.48. The first kappa shape index (κ1) is 16.4. The maximum Gasteiger partial charge on any atom is 0.146 e. The number of fused-ring (bicyclic) bond motifs is 5. The lowest BCUT2D eigenvalue weighted by molar-refractivity contribution is -0.0228. The van der Waals surface area contributed by atoms with Crippen LogP contribution in [-0.2, 0) is 17.8 Å². The summed E-state index contributed by atoms with van der Waals surface area (Å²) in [4.78, 5) is 0. The summed E-state index contributed by atoms with van der Waals surface area (Å²) in [6.07, 6.45) is 5.38. The fourth-order valence-corrected chi connectivity index (χ4v) is 6.07. The molecule has 6 heteroatoms. The van der Waals surface area contributed by atoms with Crippen molar-refractivity contribution in [3.8, 4) is 11.5 Å². The van der Waals surface area contributed by atoms with E-state index in [0.29, 0.717) is 11.8 Å². The Balaban J connectivity index is 1.75. The van der Waals surface area contributed by atoms with Gasteiger partial charge >= 0.3 is 0 Å². The van der Waals surface area contributed by atoms with Crippen LogP contribution in [-0.4, -0.2) is 25.1 Å². The Morgan fingerprint density at radius 1 is 1.29 bits per heavy atom. The van der Waals surface area contributed by atoms with E-state index in [-0.39, 0.29) is 28.9 Å². The monoisotopic (exact) mass is 351 g/mol. The number of aryl methyl sites for hydroxylation is 1. The van der Waals surface area contributed by atoms with E-state index in [1.165, 1.54) is 6.07 Å². The lowest BCUT2D eigenvalue weighted by Crippen LogP contribution is -2.44. The second-order valence-corrected chi connectivity index (χ2v) is 8.43. The van der Waals surface area contributed by atoms with Crippen molar-refractivity contribution in [1.29, 1.82) is 0 Å². The van der Waals surface area contributed by atoms with Crippen LogP contribution in [0.4, 0.5) is 0 Å². The third-order valence-corrected chi connectivity index (χ3v) is 7.19. The summed E-state index contributed by atoms with van der Waals surface area (Å²) in [5, 5.41) is 20.3. The van der Waals surface area contributed by atoms with Crippen molar-refractivity contribution in [3.63, 3.8) is 0 Å². The highest BCUT2D eigenvalue weighted by molar-refractivity contribution is 7.74. The number of benzene rings is 1. The van der Waals surface area contributed by atoms with Gasteiger partial charge in [0.15, 0.2) is 0 Å². The summed E-state index contributed by atoms with van der Waals surface area (Å²) in [7, 11) is 0.